The first-order chi connectivity index (χ1) is 11.2. The fourth-order valence-corrected chi connectivity index (χ4v) is 2.69. The molecule has 1 N–H and O–H groups in total. The van der Waals surface area contributed by atoms with E-state index in [0.717, 1.165) is 48.9 Å². The van der Waals surface area contributed by atoms with Gasteiger partial charge in [0.05, 0.1) is 18.9 Å². The Bertz CT molecular complexity index is 681. The van der Waals surface area contributed by atoms with Crippen molar-refractivity contribution in [2.45, 2.75) is 12.8 Å². The Kier molecular flexibility index (Phi) is 4.88. The van der Waals surface area contributed by atoms with E-state index in [2.05, 4.69) is 4.90 Å². The normalized spacial score (nSPS) is 14.7. The van der Waals surface area contributed by atoms with E-state index in [-0.39, 0.29) is 6.42 Å². The molecule has 2 aromatic rings. The number of aryl methyl sites for hydroxylation is 1. The molecule has 1 aromatic heterocycles. The average Bonchev–Trinajstić information content (AvgIpc) is 2.61. The number of benzene rings is 1. The minimum atomic E-state index is -0.775. The fraction of sp³-hybridized carbons (Fsp3) is 0.333. The molecular formula is C18H20N2O3. The number of aromatic nitrogens is 1. The van der Waals surface area contributed by atoms with Crippen LogP contribution >= 0.6 is 0 Å². The van der Waals surface area contributed by atoms with Gasteiger partial charge >= 0.3 is 5.97 Å². The van der Waals surface area contributed by atoms with Gasteiger partial charge < -0.3 is 14.7 Å². The van der Waals surface area contributed by atoms with E-state index in [1.165, 1.54) is 0 Å². The Balaban J connectivity index is 1.80. The van der Waals surface area contributed by atoms with Gasteiger partial charge in [-0.2, -0.15) is 0 Å². The van der Waals surface area contributed by atoms with Crippen molar-refractivity contribution in [2.75, 3.05) is 31.2 Å². The van der Waals surface area contributed by atoms with Crippen molar-refractivity contribution >= 4 is 11.8 Å². The van der Waals surface area contributed by atoms with Gasteiger partial charge in [-0.15, -0.1) is 0 Å². The molecule has 120 valence electrons. The van der Waals surface area contributed by atoms with Gasteiger partial charge in [-0.05, 0) is 30.2 Å². The van der Waals surface area contributed by atoms with Crippen LogP contribution in [0.5, 0.6) is 0 Å². The predicted octanol–water partition coefficient (Wildman–Crippen LogP) is 2.60. The number of carboxylic acids is 1. The first-order valence-electron chi connectivity index (χ1n) is 7.83. The van der Waals surface area contributed by atoms with Gasteiger partial charge in [0.1, 0.15) is 5.82 Å². The highest BCUT2D eigenvalue weighted by Crippen LogP contribution is 2.22. The van der Waals surface area contributed by atoms with E-state index in [9.17, 15) is 4.79 Å². The van der Waals surface area contributed by atoms with Crippen LogP contribution in [0.3, 0.4) is 0 Å². The Labute approximate surface area is 135 Å². The highest BCUT2D eigenvalue weighted by atomic mass is 16.5. The molecule has 0 radical (unpaired) electrons. The molecule has 0 bridgehead atoms. The Morgan fingerprint density at radius 3 is 2.74 bits per heavy atom. The number of rotatable bonds is 5. The van der Waals surface area contributed by atoms with E-state index in [1.807, 2.05) is 42.5 Å². The van der Waals surface area contributed by atoms with Gasteiger partial charge in [0, 0.05) is 25.1 Å². The molecule has 1 aliphatic heterocycles. The highest BCUT2D eigenvalue weighted by molar-refractivity contribution is 5.67. The van der Waals surface area contributed by atoms with Crippen LogP contribution in [-0.2, 0) is 16.0 Å². The summed E-state index contributed by atoms with van der Waals surface area (Å²) >= 11 is 0. The molecule has 2 heterocycles. The van der Waals surface area contributed by atoms with Gasteiger partial charge in [0.2, 0.25) is 0 Å². The maximum absolute atomic E-state index is 10.7. The van der Waals surface area contributed by atoms with Crippen molar-refractivity contribution in [3.8, 4) is 11.3 Å². The maximum Gasteiger partial charge on any atom is 0.303 e. The minimum Gasteiger partial charge on any atom is -0.481 e. The zero-order valence-electron chi connectivity index (χ0n) is 12.9. The molecule has 1 aromatic carbocycles. The highest BCUT2D eigenvalue weighted by Gasteiger charge is 2.13. The zero-order valence-corrected chi connectivity index (χ0v) is 12.9. The molecule has 0 spiro atoms. The van der Waals surface area contributed by atoms with Gasteiger partial charge in [0.15, 0.2) is 0 Å². The van der Waals surface area contributed by atoms with Gasteiger partial charge in [-0.3, -0.25) is 4.79 Å². The van der Waals surface area contributed by atoms with Gasteiger partial charge in [-0.1, -0.05) is 24.3 Å². The maximum atomic E-state index is 10.7. The van der Waals surface area contributed by atoms with Crippen LogP contribution in [0.25, 0.3) is 11.3 Å². The summed E-state index contributed by atoms with van der Waals surface area (Å²) in [5.74, 6) is 0.185. The topological polar surface area (TPSA) is 62.7 Å². The van der Waals surface area contributed by atoms with Crippen molar-refractivity contribution in [1.29, 1.82) is 0 Å². The van der Waals surface area contributed by atoms with Crippen LogP contribution in [0.1, 0.15) is 12.0 Å². The zero-order chi connectivity index (χ0) is 16.1. The minimum absolute atomic E-state index is 0.144. The Morgan fingerprint density at radius 1 is 1.17 bits per heavy atom. The molecule has 5 nitrogen and oxygen atoms in total. The molecule has 1 fully saturated rings. The van der Waals surface area contributed by atoms with Crippen LogP contribution in [0.4, 0.5) is 5.82 Å². The largest absolute Gasteiger partial charge is 0.481 e. The third-order valence-corrected chi connectivity index (χ3v) is 3.92. The fourth-order valence-electron chi connectivity index (χ4n) is 2.69. The standard InChI is InChI=1S/C18H20N2O3/c21-18(22)8-7-14-3-1-4-15(13-14)16-5-2-6-17(19-16)20-9-11-23-12-10-20/h1-6,13H,7-12H2,(H,21,22). The second-order valence-electron chi connectivity index (χ2n) is 5.57. The number of hydrogen-bond acceptors (Lipinski definition) is 4. The third-order valence-electron chi connectivity index (χ3n) is 3.92. The molecule has 3 rings (SSSR count). The van der Waals surface area contributed by atoms with Crippen LogP contribution in [0, 0.1) is 0 Å². The van der Waals surface area contributed by atoms with Crippen molar-refractivity contribution in [2.24, 2.45) is 0 Å². The number of anilines is 1. The average molecular weight is 312 g/mol. The van der Waals surface area contributed by atoms with Crippen LogP contribution in [-0.4, -0.2) is 42.4 Å². The van der Waals surface area contributed by atoms with E-state index < -0.39 is 5.97 Å². The molecule has 0 unspecified atom stereocenters. The summed E-state index contributed by atoms with van der Waals surface area (Å²) < 4.78 is 5.38. The summed E-state index contributed by atoms with van der Waals surface area (Å²) in [6.45, 7) is 3.18. The number of nitrogens with zero attached hydrogens (tertiary/aromatic N) is 2. The first-order valence-corrected chi connectivity index (χ1v) is 7.83. The van der Waals surface area contributed by atoms with Gasteiger partial charge in [0.25, 0.3) is 0 Å². The number of hydrogen-bond donors (Lipinski definition) is 1. The number of pyridine rings is 1. The first kappa shape index (κ1) is 15.5. The molecule has 1 saturated heterocycles. The Morgan fingerprint density at radius 2 is 1.96 bits per heavy atom. The molecular weight excluding hydrogens is 292 g/mol. The molecule has 5 heteroatoms. The van der Waals surface area contributed by atoms with Gasteiger partial charge in [-0.25, -0.2) is 4.98 Å². The van der Waals surface area contributed by atoms with Crippen molar-refractivity contribution < 1.29 is 14.6 Å². The van der Waals surface area contributed by atoms with Crippen molar-refractivity contribution in [3.05, 3.63) is 48.0 Å². The second kappa shape index (κ2) is 7.24. The quantitative estimate of drug-likeness (QED) is 0.919. The lowest BCUT2D eigenvalue weighted by atomic mass is 10.0. The predicted molar refractivity (Wildman–Crippen MR) is 88.7 cm³/mol. The van der Waals surface area contributed by atoms with Crippen LogP contribution in [0.15, 0.2) is 42.5 Å². The van der Waals surface area contributed by atoms with Crippen molar-refractivity contribution in [3.63, 3.8) is 0 Å². The van der Waals surface area contributed by atoms with Crippen LogP contribution in [0.2, 0.25) is 0 Å². The van der Waals surface area contributed by atoms with E-state index >= 15 is 0 Å². The summed E-state index contributed by atoms with van der Waals surface area (Å²) in [6, 6.07) is 14.0. The summed E-state index contributed by atoms with van der Waals surface area (Å²) in [5, 5.41) is 8.81. The molecule has 0 atom stereocenters. The number of ether oxygens (including phenoxy) is 1. The van der Waals surface area contributed by atoms with Crippen LogP contribution < -0.4 is 4.90 Å². The SMILES string of the molecule is O=C(O)CCc1cccc(-c2cccc(N3CCOCC3)n2)c1. The lowest BCUT2D eigenvalue weighted by Gasteiger charge is -2.28. The molecule has 1 aliphatic rings. The Hall–Kier alpha value is -2.40. The summed E-state index contributed by atoms with van der Waals surface area (Å²) in [4.78, 5) is 17.7. The summed E-state index contributed by atoms with van der Waals surface area (Å²) in [7, 11) is 0. The molecule has 23 heavy (non-hydrogen) atoms. The molecule has 0 aliphatic carbocycles. The number of carboxylic acid groups (broad SMARTS) is 1. The lowest BCUT2D eigenvalue weighted by molar-refractivity contribution is -0.136. The van der Waals surface area contributed by atoms with E-state index in [4.69, 9.17) is 14.8 Å². The summed E-state index contributed by atoms with van der Waals surface area (Å²) in [5.41, 5.74) is 2.94. The lowest BCUT2D eigenvalue weighted by Crippen LogP contribution is -2.36. The molecule has 0 saturated carbocycles. The molecule has 0 amide bonds. The number of carbonyl (C=O) groups is 1. The van der Waals surface area contributed by atoms with E-state index in [1.54, 1.807) is 0 Å². The second-order valence-corrected chi connectivity index (χ2v) is 5.57. The van der Waals surface area contributed by atoms with E-state index in [0.29, 0.717) is 6.42 Å². The summed E-state index contributed by atoms with van der Waals surface area (Å²) in [6.07, 6.45) is 0.678. The smallest absolute Gasteiger partial charge is 0.303 e. The van der Waals surface area contributed by atoms with Crippen molar-refractivity contribution in [1.82, 2.24) is 4.98 Å². The number of morpholine rings is 1. The third kappa shape index (κ3) is 4.07. The monoisotopic (exact) mass is 312 g/mol. The number of aliphatic carboxylic acids is 1.